The van der Waals surface area contributed by atoms with E-state index in [0.29, 0.717) is 37.1 Å². The molecule has 0 aliphatic carbocycles. The summed E-state index contributed by atoms with van der Waals surface area (Å²) in [5, 5.41) is 0. The SMILES string of the molecule is CC(C)CCOc1ccnc(-c2cc(F)c(N3CC[CH]CC3)c(F)c2)n1. The number of hydrogen-bond donors (Lipinski definition) is 0. The minimum absolute atomic E-state index is 0.0335. The van der Waals surface area contributed by atoms with E-state index in [1.807, 2.05) is 0 Å². The van der Waals surface area contributed by atoms with Crippen molar-refractivity contribution in [1.82, 2.24) is 9.97 Å². The van der Waals surface area contributed by atoms with Crippen molar-refractivity contribution >= 4 is 5.69 Å². The first kappa shape index (κ1) is 18.5. The van der Waals surface area contributed by atoms with Crippen molar-refractivity contribution in [3.8, 4) is 17.3 Å². The summed E-state index contributed by atoms with van der Waals surface area (Å²) in [5.74, 6) is 0.0168. The van der Waals surface area contributed by atoms with Gasteiger partial charge in [0.2, 0.25) is 5.88 Å². The summed E-state index contributed by atoms with van der Waals surface area (Å²) in [5.41, 5.74) is 0.341. The van der Waals surface area contributed by atoms with Gasteiger partial charge in [0.15, 0.2) is 5.82 Å². The van der Waals surface area contributed by atoms with Crippen LogP contribution in [-0.2, 0) is 0 Å². The Morgan fingerprint density at radius 1 is 1.15 bits per heavy atom. The maximum atomic E-state index is 14.6. The number of benzene rings is 1. The van der Waals surface area contributed by atoms with Crippen LogP contribution >= 0.6 is 0 Å². The van der Waals surface area contributed by atoms with Crippen LogP contribution in [0.4, 0.5) is 14.5 Å². The molecule has 1 aliphatic rings. The van der Waals surface area contributed by atoms with Crippen molar-refractivity contribution in [3.05, 3.63) is 42.5 Å². The van der Waals surface area contributed by atoms with Crippen molar-refractivity contribution in [2.75, 3.05) is 24.6 Å². The van der Waals surface area contributed by atoms with Gasteiger partial charge < -0.3 is 9.64 Å². The quantitative estimate of drug-likeness (QED) is 0.751. The molecule has 0 N–H and O–H groups in total. The van der Waals surface area contributed by atoms with Crippen LogP contribution < -0.4 is 9.64 Å². The van der Waals surface area contributed by atoms with Gasteiger partial charge in [-0.25, -0.2) is 13.8 Å². The van der Waals surface area contributed by atoms with Gasteiger partial charge in [-0.2, -0.15) is 4.98 Å². The van der Waals surface area contributed by atoms with Crippen molar-refractivity contribution < 1.29 is 13.5 Å². The molecule has 0 saturated carbocycles. The molecule has 0 unspecified atom stereocenters. The molecule has 1 fully saturated rings. The van der Waals surface area contributed by atoms with Gasteiger partial charge in [0.25, 0.3) is 0 Å². The van der Waals surface area contributed by atoms with Crippen LogP contribution in [0.2, 0.25) is 0 Å². The number of anilines is 1. The maximum Gasteiger partial charge on any atom is 0.216 e. The Labute approximate surface area is 153 Å². The molecule has 0 atom stereocenters. The van der Waals surface area contributed by atoms with Gasteiger partial charge >= 0.3 is 0 Å². The molecule has 139 valence electrons. The van der Waals surface area contributed by atoms with Crippen molar-refractivity contribution in [1.29, 1.82) is 0 Å². The van der Waals surface area contributed by atoms with E-state index >= 15 is 0 Å². The van der Waals surface area contributed by atoms with E-state index in [1.165, 1.54) is 18.3 Å². The van der Waals surface area contributed by atoms with Gasteiger partial charge in [0.05, 0.1) is 6.61 Å². The van der Waals surface area contributed by atoms with Crippen LogP contribution in [0, 0.1) is 24.0 Å². The topological polar surface area (TPSA) is 38.2 Å². The standard InChI is InChI=1S/C20H24F2N3O/c1-14(2)7-11-26-18-6-8-23-20(24-18)15-12-16(21)19(17(22)13-15)25-9-4-3-5-10-25/h3,6,8,12-14H,4-5,7,9-11H2,1-2H3. The summed E-state index contributed by atoms with van der Waals surface area (Å²) >= 11 is 0. The lowest BCUT2D eigenvalue weighted by Gasteiger charge is -2.29. The highest BCUT2D eigenvalue weighted by molar-refractivity contribution is 5.62. The normalized spacial score (nSPS) is 14.7. The molecular weight excluding hydrogens is 336 g/mol. The molecule has 0 bridgehead atoms. The molecule has 1 saturated heterocycles. The van der Waals surface area contributed by atoms with Gasteiger partial charge in [-0.15, -0.1) is 0 Å². The highest BCUT2D eigenvalue weighted by Crippen LogP contribution is 2.30. The Morgan fingerprint density at radius 2 is 1.85 bits per heavy atom. The van der Waals surface area contributed by atoms with Gasteiger partial charge in [-0.05, 0) is 43.7 Å². The fraction of sp³-hybridized carbons (Fsp3) is 0.450. The third kappa shape index (κ3) is 4.48. The largest absolute Gasteiger partial charge is 0.478 e. The number of piperidine rings is 1. The maximum absolute atomic E-state index is 14.6. The summed E-state index contributed by atoms with van der Waals surface area (Å²) in [7, 11) is 0. The lowest BCUT2D eigenvalue weighted by molar-refractivity contribution is 0.279. The summed E-state index contributed by atoms with van der Waals surface area (Å²) in [6.45, 7) is 6.03. The van der Waals surface area contributed by atoms with E-state index < -0.39 is 11.6 Å². The molecule has 2 aromatic rings. The molecular formula is C20H24F2N3O. The Morgan fingerprint density at radius 3 is 2.50 bits per heavy atom. The Bertz CT molecular complexity index is 723. The fourth-order valence-corrected chi connectivity index (χ4v) is 2.93. The van der Waals surface area contributed by atoms with Crippen molar-refractivity contribution in [3.63, 3.8) is 0 Å². The first-order valence-corrected chi connectivity index (χ1v) is 9.06. The Balaban J connectivity index is 1.81. The van der Waals surface area contributed by atoms with Crippen LogP contribution in [0.1, 0.15) is 33.1 Å². The highest BCUT2D eigenvalue weighted by Gasteiger charge is 2.21. The lowest BCUT2D eigenvalue weighted by atomic mass is 10.1. The Kier molecular flexibility index (Phi) is 6.01. The van der Waals surface area contributed by atoms with Crippen LogP contribution in [0.15, 0.2) is 24.4 Å². The number of hydrogen-bond acceptors (Lipinski definition) is 4. The smallest absolute Gasteiger partial charge is 0.216 e. The zero-order chi connectivity index (χ0) is 18.5. The highest BCUT2D eigenvalue weighted by atomic mass is 19.1. The van der Waals surface area contributed by atoms with Crippen LogP contribution in [0.25, 0.3) is 11.4 Å². The number of halogens is 2. The van der Waals surface area contributed by atoms with E-state index in [2.05, 4.69) is 30.2 Å². The second kappa shape index (κ2) is 8.43. The van der Waals surface area contributed by atoms with Crippen LogP contribution in [-0.4, -0.2) is 29.7 Å². The minimum Gasteiger partial charge on any atom is -0.478 e. The van der Waals surface area contributed by atoms with E-state index in [4.69, 9.17) is 4.74 Å². The van der Waals surface area contributed by atoms with Crippen LogP contribution in [0.5, 0.6) is 5.88 Å². The molecule has 4 nitrogen and oxygen atoms in total. The average molecular weight is 360 g/mol. The fourth-order valence-electron chi connectivity index (χ4n) is 2.93. The molecule has 0 spiro atoms. The number of aromatic nitrogens is 2. The molecule has 1 radical (unpaired) electrons. The second-order valence-electron chi connectivity index (χ2n) is 6.89. The van der Waals surface area contributed by atoms with Crippen molar-refractivity contribution in [2.24, 2.45) is 5.92 Å². The summed E-state index contributed by atoms with van der Waals surface area (Å²) in [4.78, 5) is 10.2. The van der Waals surface area contributed by atoms with Gasteiger partial charge in [0, 0.05) is 30.9 Å². The molecule has 1 aromatic carbocycles. The van der Waals surface area contributed by atoms with Crippen molar-refractivity contribution in [2.45, 2.75) is 33.1 Å². The zero-order valence-electron chi connectivity index (χ0n) is 15.2. The van der Waals surface area contributed by atoms with E-state index in [0.717, 1.165) is 19.3 Å². The number of rotatable bonds is 6. The first-order valence-electron chi connectivity index (χ1n) is 9.06. The molecule has 0 amide bonds. The summed E-state index contributed by atoms with van der Waals surface area (Å²) < 4.78 is 34.8. The molecule has 6 heteroatoms. The molecule has 26 heavy (non-hydrogen) atoms. The molecule has 1 aliphatic heterocycles. The molecule has 3 rings (SSSR count). The van der Waals surface area contributed by atoms with Gasteiger partial charge in [-0.3, -0.25) is 0 Å². The average Bonchev–Trinajstić information content (AvgIpc) is 2.62. The predicted molar refractivity (Wildman–Crippen MR) is 98.1 cm³/mol. The van der Waals surface area contributed by atoms with Gasteiger partial charge in [0.1, 0.15) is 17.3 Å². The Hall–Kier alpha value is -2.24. The predicted octanol–water partition coefficient (Wildman–Crippen LogP) is 4.65. The van der Waals surface area contributed by atoms with Crippen LogP contribution in [0.3, 0.4) is 0 Å². The monoisotopic (exact) mass is 360 g/mol. The zero-order valence-corrected chi connectivity index (χ0v) is 15.2. The minimum atomic E-state index is -0.586. The van der Waals surface area contributed by atoms with E-state index in [-0.39, 0.29) is 11.5 Å². The second-order valence-corrected chi connectivity index (χ2v) is 6.89. The first-order chi connectivity index (χ1) is 12.5. The third-order valence-corrected chi connectivity index (χ3v) is 4.37. The summed E-state index contributed by atoms with van der Waals surface area (Å²) in [6, 6.07) is 4.24. The van der Waals surface area contributed by atoms with Gasteiger partial charge in [-0.1, -0.05) is 13.8 Å². The molecule has 1 aromatic heterocycles. The number of ether oxygens (including phenoxy) is 1. The summed E-state index contributed by atoms with van der Waals surface area (Å²) in [6.07, 6.45) is 6.25. The third-order valence-electron chi connectivity index (χ3n) is 4.37. The van der Waals surface area contributed by atoms with E-state index in [9.17, 15) is 8.78 Å². The van der Waals surface area contributed by atoms with E-state index in [1.54, 1.807) is 11.0 Å². The lowest BCUT2D eigenvalue weighted by Crippen LogP contribution is -2.31. The molecule has 2 heterocycles. The number of nitrogens with zero attached hydrogens (tertiary/aromatic N) is 3.